The largest absolute Gasteiger partial charge is 0.359 e. The van der Waals surface area contributed by atoms with Crippen molar-refractivity contribution < 1.29 is 4.52 Å². The molecule has 6 nitrogen and oxygen atoms in total. The van der Waals surface area contributed by atoms with Gasteiger partial charge in [-0.1, -0.05) is 25.4 Å². The summed E-state index contributed by atoms with van der Waals surface area (Å²) in [6, 6.07) is 2.00. The maximum Gasteiger partial charge on any atom is 0.191 e. The van der Waals surface area contributed by atoms with Crippen LogP contribution in [0.3, 0.4) is 0 Å². The van der Waals surface area contributed by atoms with Gasteiger partial charge < -0.3 is 15.2 Å². The lowest BCUT2D eigenvalue weighted by atomic mass is 9.98. The molecule has 6 heteroatoms. The van der Waals surface area contributed by atoms with Crippen molar-refractivity contribution in [3.05, 3.63) is 17.5 Å². The molecule has 2 heterocycles. The molecular weight excluding hydrogens is 314 g/mol. The van der Waals surface area contributed by atoms with Crippen LogP contribution in [0.1, 0.15) is 71.3 Å². The summed E-state index contributed by atoms with van der Waals surface area (Å²) in [4.78, 5) is 7.23. The van der Waals surface area contributed by atoms with Gasteiger partial charge in [0.05, 0.1) is 5.69 Å². The van der Waals surface area contributed by atoms with Crippen LogP contribution in [0.25, 0.3) is 0 Å². The molecule has 25 heavy (non-hydrogen) atoms. The minimum absolute atomic E-state index is 0.119. The van der Waals surface area contributed by atoms with Crippen molar-refractivity contribution >= 4 is 5.96 Å². The molecule has 1 aliphatic rings. The Kier molecular flexibility index (Phi) is 7.29. The second kappa shape index (κ2) is 9.22. The van der Waals surface area contributed by atoms with Crippen LogP contribution in [0.4, 0.5) is 0 Å². The lowest BCUT2D eigenvalue weighted by molar-refractivity contribution is 0.0982. The van der Waals surface area contributed by atoms with E-state index in [0.717, 1.165) is 30.5 Å². The molecular formula is C19H35N5O. The topological polar surface area (TPSA) is 65.7 Å². The predicted molar refractivity (Wildman–Crippen MR) is 103 cm³/mol. The molecule has 0 saturated carbocycles. The van der Waals surface area contributed by atoms with Gasteiger partial charge in [0, 0.05) is 24.7 Å². The van der Waals surface area contributed by atoms with Gasteiger partial charge >= 0.3 is 0 Å². The van der Waals surface area contributed by atoms with Crippen LogP contribution >= 0.6 is 0 Å². The van der Waals surface area contributed by atoms with E-state index in [9.17, 15) is 0 Å². The van der Waals surface area contributed by atoms with Crippen molar-refractivity contribution in [3.63, 3.8) is 0 Å². The Morgan fingerprint density at radius 3 is 2.60 bits per heavy atom. The maximum absolute atomic E-state index is 5.37. The summed E-state index contributed by atoms with van der Waals surface area (Å²) in [5.74, 6) is 2.00. The molecule has 0 unspecified atom stereocenters. The van der Waals surface area contributed by atoms with Crippen LogP contribution in [-0.2, 0) is 6.54 Å². The first-order valence-corrected chi connectivity index (χ1v) is 9.65. The van der Waals surface area contributed by atoms with Crippen molar-refractivity contribution in [2.75, 3.05) is 26.2 Å². The highest BCUT2D eigenvalue weighted by molar-refractivity contribution is 5.79. The van der Waals surface area contributed by atoms with Crippen molar-refractivity contribution in [2.24, 2.45) is 4.99 Å². The smallest absolute Gasteiger partial charge is 0.191 e. The molecule has 0 aromatic carbocycles. The summed E-state index contributed by atoms with van der Waals surface area (Å²) in [6.45, 7) is 15.5. The van der Waals surface area contributed by atoms with Crippen molar-refractivity contribution in [3.8, 4) is 0 Å². The SMILES string of the molecule is CCNC(=NCc1cc(C(C)C)no1)NCC(C)(C)N1CCCCC1. The molecule has 1 aromatic heterocycles. The molecule has 1 saturated heterocycles. The van der Waals surface area contributed by atoms with Crippen molar-refractivity contribution in [1.29, 1.82) is 0 Å². The van der Waals surface area contributed by atoms with E-state index in [1.54, 1.807) is 0 Å². The van der Waals surface area contributed by atoms with Gasteiger partial charge in [-0.25, -0.2) is 4.99 Å². The zero-order valence-electron chi connectivity index (χ0n) is 16.6. The van der Waals surface area contributed by atoms with Gasteiger partial charge in [-0.3, -0.25) is 4.90 Å². The molecule has 0 amide bonds. The number of piperidine rings is 1. The summed E-state index contributed by atoms with van der Waals surface area (Å²) in [5, 5.41) is 10.9. The van der Waals surface area contributed by atoms with E-state index in [0.29, 0.717) is 12.5 Å². The third kappa shape index (κ3) is 6.03. The summed E-state index contributed by atoms with van der Waals surface area (Å²) >= 11 is 0. The first-order chi connectivity index (χ1) is 11.9. The Morgan fingerprint density at radius 2 is 2.00 bits per heavy atom. The Labute approximate surface area is 152 Å². The van der Waals surface area contributed by atoms with E-state index in [-0.39, 0.29) is 5.54 Å². The number of rotatable bonds is 7. The fourth-order valence-corrected chi connectivity index (χ4v) is 3.09. The fraction of sp³-hybridized carbons (Fsp3) is 0.789. The van der Waals surface area contributed by atoms with Crippen LogP contribution in [-0.4, -0.2) is 47.7 Å². The van der Waals surface area contributed by atoms with Gasteiger partial charge in [0.15, 0.2) is 11.7 Å². The molecule has 0 spiro atoms. The standard InChI is InChI=1S/C19H35N5O/c1-6-20-18(21-13-16-12-17(15(2)3)23-25-16)22-14-19(4,5)24-10-8-7-9-11-24/h12,15H,6-11,13-14H2,1-5H3,(H2,20,21,22). The summed E-state index contributed by atoms with van der Waals surface area (Å²) < 4.78 is 5.37. The van der Waals surface area contributed by atoms with Crippen LogP contribution in [0, 0.1) is 0 Å². The summed E-state index contributed by atoms with van der Waals surface area (Å²) in [6.07, 6.45) is 3.97. The number of guanidine groups is 1. The van der Waals surface area contributed by atoms with Gasteiger partial charge in [-0.15, -0.1) is 0 Å². The molecule has 1 aliphatic heterocycles. The number of nitrogens with zero attached hydrogens (tertiary/aromatic N) is 3. The highest BCUT2D eigenvalue weighted by Gasteiger charge is 2.27. The van der Waals surface area contributed by atoms with Gasteiger partial charge in [-0.05, 0) is 52.6 Å². The fourth-order valence-electron chi connectivity index (χ4n) is 3.09. The molecule has 0 bridgehead atoms. The lowest BCUT2D eigenvalue weighted by Gasteiger charge is -2.41. The second-order valence-corrected chi connectivity index (χ2v) is 7.78. The normalized spacial score (nSPS) is 17.1. The third-order valence-electron chi connectivity index (χ3n) is 4.81. The number of aromatic nitrogens is 1. The van der Waals surface area contributed by atoms with E-state index in [1.165, 1.54) is 32.4 Å². The quantitative estimate of drug-likeness (QED) is 0.585. The van der Waals surface area contributed by atoms with Crippen LogP contribution < -0.4 is 10.6 Å². The zero-order chi connectivity index (χ0) is 18.3. The average Bonchev–Trinajstić information content (AvgIpc) is 3.07. The molecule has 1 aromatic rings. The molecule has 2 N–H and O–H groups in total. The monoisotopic (exact) mass is 349 g/mol. The Hall–Kier alpha value is -1.56. The molecule has 2 rings (SSSR count). The Bertz CT molecular complexity index is 544. The van der Waals surface area contributed by atoms with Gasteiger partial charge in [-0.2, -0.15) is 0 Å². The van der Waals surface area contributed by atoms with E-state index in [2.05, 4.69) is 60.3 Å². The van der Waals surface area contributed by atoms with Gasteiger partial charge in [0.25, 0.3) is 0 Å². The summed E-state index contributed by atoms with van der Waals surface area (Å²) in [5.41, 5.74) is 1.10. The zero-order valence-corrected chi connectivity index (χ0v) is 16.6. The van der Waals surface area contributed by atoms with Gasteiger partial charge in [0.1, 0.15) is 6.54 Å². The lowest BCUT2D eigenvalue weighted by Crippen LogP contribution is -2.54. The Morgan fingerprint density at radius 1 is 1.28 bits per heavy atom. The van der Waals surface area contributed by atoms with E-state index in [1.807, 2.05) is 6.07 Å². The number of hydrogen-bond acceptors (Lipinski definition) is 4. The molecule has 0 atom stereocenters. The van der Waals surface area contributed by atoms with Crippen molar-refractivity contribution in [1.82, 2.24) is 20.7 Å². The molecule has 0 radical (unpaired) electrons. The number of hydrogen-bond donors (Lipinski definition) is 2. The predicted octanol–water partition coefficient (Wildman–Crippen LogP) is 3.12. The number of nitrogens with one attached hydrogen (secondary N) is 2. The van der Waals surface area contributed by atoms with Crippen LogP contribution in [0.15, 0.2) is 15.6 Å². The van der Waals surface area contributed by atoms with Crippen molar-refractivity contribution in [2.45, 2.75) is 71.9 Å². The molecule has 1 fully saturated rings. The highest BCUT2D eigenvalue weighted by atomic mass is 16.5. The molecule has 142 valence electrons. The van der Waals surface area contributed by atoms with E-state index in [4.69, 9.17) is 4.52 Å². The van der Waals surface area contributed by atoms with Crippen LogP contribution in [0.5, 0.6) is 0 Å². The first kappa shape index (κ1) is 19.8. The maximum atomic E-state index is 5.37. The van der Waals surface area contributed by atoms with E-state index >= 15 is 0 Å². The minimum atomic E-state index is 0.119. The van der Waals surface area contributed by atoms with E-state index < -0.39 is 0 Å². The average molecular weight is 350 g/mol. The second-order valence-electron chi connectivity index (χ2n) is 7.78. The Balaban J connectivity index is 1.92. The molecule has 0 aliphatic carbocycles. The highest BCUT2D eigenvalue weighted by Crippen LogP contribution is 2.19. The summed E-state index contributed by atoms with van der Waals surface area (Å²) in [7, 11) is 0. The number of aliphatic imine (C=N–C) groups is 1. The minimum Gasteiger partial charge on any atom is -0.359 e. The first-order valence-electron chi connectivity index (χ1n) is 9.65. The third-order valence-corrected chi connectivity index (χ3v) is 4.81. The van der Waals surface area contributed by atoms with Crippen LogP contribution in [0.2, 0.25) is 0 Å². The van der Waals surface area contributed by atoms with Gasteiger partial charge in [0.2, 0.25) is 0 Å². The number of likely N-dealkylation sites (tertiary alicyclic amines) is 1.